The fourth-order valence-corrected chi connectivity index (χ4v) is 5.10. The van der Waals surface area contributed by atoms with E-state index < -0.39 is 0 Å². The molecule has 4 rings (SSSR count). The fraction of sp³-hybridized carbons (Fsp3) is 0.714. The van der Waals surface area contributed by atoms with Gasteiger partial charge in [0.05, 0.1) is 0 Å². The molecular weight excluding hydrogens is 315 g/mol. The smallest absolute Gasteiger partial charge is 0.123 e. The molecule has 4 heteroatoms. The predicted molar refractivity (Wildman–Crippen MR) is 97.9 cm³/mol. The highest BCUT2D eigenvalue weighted by Gasteiger charge is 2.41. The number of rotatable bonds is 4. The lowest BCUT2D eigenvalue weighted by Gasteiger charge is -2.42. The maximum absolute atomic E-state index is 13.1. The van der Waals surface area contributed by atoms with Gasteiger partial charge in [-0.25, -0.2) is 4.39 Å². The summed E-state index contributed by atoms with van der Waals surface area (Å²) < 4.78 is 18.6. The van der Waals surface area contributed by atoms with Crippen molar-refractivity contribution in [3.05, 3.63) is 35.6 Å². The van der Waals surface area contributed by atoms with Crippen LogP contribution in [0, 0.1) is 17.2 Å². The van der Waals surface area contributed by atoms with Gasteiger partial charge in [-0.2, -0.15) is 0 Å². The van der Waals surface area contributed by atoms with Crippen LogP contribution in [0.25, 0.3) is 0 Å². The molecule has 0 radical (unpaired) electrons. The number of halogens is 1. The van der Waals surface area contributed by atoms with Crippen LogP contribution in [0.1, 0.15) is 37.7 Å². The Hall–Kier alpha value is -0.970. The van der Waals surface area contributed by atoms with Crippen LogP contribution in [0.5, 0.6) is 0 Å². The molecule has 0 aromatic heterocycles. The monoisotopic (exact) mass is 346 g/mol. The maximum Gasteiger partial charge on any atom is 0.123 e. The van der Waals surface area contributed by atoms with Crippen LogP contribution >= 0.6 is 0 Å². The van der Waals surface area contributed by atoms with Crippen LogP contribution in [-0.4, -0.2) is 55.7 Å². The van der Waals surface area contributed by atoms with Crippen LogP contribution in [0.2, 0.25) is 0 Å². The lowest BCUT2D eigenvalue weighted by Crippen LogP contribution is -2.46. The summed E-state index contributed by atoms with van der Waals surface area (Å²) in [6.45, 7) is 9.06. The summed E-state index contributed by atoms with van der Waals surface area (Å²) in [4.78, 5) is 5.31. The topological polar surface area (TPSA) is 15.7 Å². The zero-order valence-electron chi connectivity index (χ0n) is 15.3. The Morgan fingerprint density at radius 2 is 1.76 bits per heavy atom. The van der Waals surface area contributed by atoms with E-state index in [-0.39, 0.29) is 5.82 Å². The van der Waals surface area contributed by atoms with E-state index >= 15 is 0 Å². The van der Waals surface area contributed by atoms with E-state index in [0.29, 0.717) is 5.41 Å². The number of hydrogen-bond donors (Lipinski definition) is 0. The lowest BCUT2D eigenvalue weighted by molar-refractivity contribution is 0.0312. The van der Waals surface area contributed by atoms with E-state index in [1.165, 1.54) is 70.4 Å². The van der Waals surface area contributed by atoms with Gasteiger partial charge in [0.2, 0.25) is 0 Å². The first-order chi connectivity index (χ1) is 12.2. The molecule has 0 amide bonds. The SMILES string of the molecule is Fc1ccc(CN2CC[C@]3(CCCN(CC4CCOCC4)C3)C2)cc1. The molecule has 3 nitrogen and oxygen atoms in total. The number of benzene rings is 1. The van der Waals surface area contributed by atoms with Crippen molar-refractivity contribution in [1.82, 2.24) is 9.80 Å². The van der Waals surface area contributed by atoms with Crippen molar-refractivity contribution >= 4 is 0 Å². The summed E-state index contributed by atoms with van der Waals surface area (Å²) in [6, 6.07) is 7.02. The molecule has 1 aromatic rings. The Kier molecular flexibility index (Phi) is 5.39. The van der Waals surface area contributed by atoms with Crippen molar-refractivity contribution < 1.29 is 9.13 Å². The minimum Gasteiger partial charge on any atom is -0.381 e. The molecule has 0 bridgehead atoms. The summed E-state index contributed by atoms with van der Waals surface area (Å²) in [5.41, 5.74) is 1.72. The second-order valence-electron chi connectivity index (χ2n) is 8.48. The minimum atomic E-state index is -0.141. The van der Waals surface area contributed by atoms with Gasteiger partial charge in [-0.1, -0.05) is 12.1 Å². The van der Waals surface area contributed by atoms with Crippen molar-refractivity contribution in [2.75, 3.05) is 45.9 Å². The van der Waals surface area contributed by atoms with Gasteiger partial charge in [0.25, 0.3) is 0 Å². The van der Waals surface area contributed by atoms with Crippen molar-refractivity contribution in [3.8, 4) is 0 Å². The molecule has 1 aromatic carbocycles. The molecule has 0 aliphatic carbocycles. The molecule has 3 aliphatic rings. The third-order valence-corrected chi connectivity index (χ3v) is 6.43. The predicted octanol–water partition coefficient (Wildman–Crippen LogP) is 3.54. The quantitative estimate of drug-likeness (QED) is 0.829. The van der Waals surface area contributed by atoms with Crippen LogP contribution in [-0.2, 0) is 11.3 Å². The van der Waals surface area contributed by atoms with Gasteiger partial charge < -0.3 is 9.64 Å². The first-order valence-corrected chi connectivity index (χ1v) is 9.98. The molecule has 0 saturated carbocycles. The lowest BCUT2D eigenvalue weighted by atomic mass is 9.79. The van der Waals surface area contributed by atoms with E-state index in [0.717, 1.165) is 25.7 Å². The van der Waals surface area contributed by atoms with Gasteiger partial charge in [0, 0.05) is 39.4 Å². The van der Waals surface area contributed by atoms with Gasteiger partial charge in [0.15, 0.2) is 0 Å². The molecule has 3 fully saturated rings. The standard InChI is InChI=1S/C21H31FN2O/c22-20-4-2-18(3-5-20)14-24-11-9-21(17-24)8-1-10-23(16-21)15-19-6-12-25-13-7-19/h2-5,19H,1,6-17H2/t21-/m0/s1. The number of nitrogens with zero attached hydrogens (tertiary/aromatic N) is 2. The molecule has 3 heterocycles. The third kappa shape index (κ3) is 4.42. The number of hydrogen-bond acceptors (Lipinski definition) is 3. The highest BCUT2D eigenvalue weighted by atomic mass is 19.1. The van der Waals surface area contributed by atoms with Crippen LogP contribution in [0.3, 0.4) is 0 Å². The molecule has 0 unspecified atom stereocenters. The van der Waals surface area contributed by atoms with Gasteiger partial charge in [0.1, 0.15) is 5.82 Å². The van der Waals surface area contributed by atoms with Gasteiger partial charge >= 0.3 is 0 Å². The summed E-state index contributed by atoms with van der Waals surface area (Å²) in [5, 5.41) is 0. The Morgan fingerprint density at radius 1 is 1.00 bits per heavy atom. The number of likely N-dealkylation sites (tertiary alicyclic amines) is 2. The normalized spacial score (nSPS) is 29.5. The zero-order valence-corrected chi connectivity index (χ0v) is 15.3. The summed E-state index contributed by atoms with van der Waals surface area (Å²) in [6.07, 6.45) is 6.50. The Labute approximate surface area is 151 Å². The second kappa shape index (κ2) is 7.73. The van der Waals surface area contributed by atoms with Crippen molar-refractivity contribution in [1.29, 1.82) is 0 Å². The van der Waals surface area contributed by atoms with E-state index in [2.05, 4.69) is 9.80 Å². The number of piperidine rings is 1. The van der Waals surface area contributed by atoms with Crippen LogP contribution in [0.15, 0.2) is 24.3 Å². The second-order valence-corrected chi connectivity index (χ2v) is 8.48. The van der Waals surface area contributed by atoms with Gasteiger partial charge in [-0.3, -0.25) is 4.90 Å². The van der Waals surface area contributed by atoms with E-state index in [9.17, 15) is 4.39 Å². The Morgan fingerprint density at radius 3 is 2.56 bits per heavy atom. The highest BCUT2D eigenvalue weighted by molar-refractivity contribution is 5.16. The van der Waals surface area contributed by atoms with E-state index in [1.54, 1.807) is 12.1 Å². The van der Waals surface area contributed by atoms with Crippen molar-refractivity contribution in [2.45, 2.75) is 38.6 Å². The molecule has 3 saturated heterocycles. The summed E-state index contributed by atoms with van der Waals surface area (Å²) >= 11 is 0. The largest absolute Gasteiger partial charge is 0.381 e. The molecule has 1 atom stereocenters. The summed E-state index contributed by atoms with van der Waals surface area (Å²) in [5.74, 6) is 0.693. The Balaban J connectivity index is 1.31. The van der Waals surface area contributed by atoms with Gasteiger partial charge in [-0.05, 0) is 74.2 Å². The van der Waals surface area contributed by atoms with Crippen LogP contribution < -0.4 is 0 Å². The Bertz CT molecular complexity index is 558. The molecule has 0 N–H and O–H groups in total. The van der Waals surface area contributed by atoms with Crippen molar-refractivity contribution in [2.24, 2.45) is 11.3 Å². The maximum atomic E-state index is 13.1. The first kappa shape index (κ1) is 17.4. The van der Waals surface area contributed by atoms with Gasteiger partial charge in [-0.15, -0.1) is 0 Å². The molecular formula is C21H31FN2O. The van der Waals surface area contributed by atoms with Crippen molar-refractivity contribution in [3.63, 3.8) is 0 Å². The van der Waals surface area contributed by atoms with E-state index in [4.69, 9.17) is 4.74 Å². The molecule has 25 heavy (non-hydrogen) atoms. The zero-order chi connectivity index (χ0) is 17.1. The molecule has 1 spiro atoms. The highest BCUT2D eigenvalue weighted by Crippen LogP contribution is 2.39. The van der Waals surface area contributed by atoms with Crippen LogP contribution in [0.4, 0.5) is 4.39 Å². The first-order valence-electron chi connectivity index (χ1n) is 9.98. The minimum absolute atomic E-state index is 0.141. The molecule has 138 valence electrons. The average Bonchev–Trinajstić information content (AvgIpc) is 3.00. The number of ether oxygens (including phenoxy) is 1. The van der Waals surface area contributed by atoms with E-state index in [1.807, 2.05) is 12.1 Å². The molecule has 3 aliphatic heterocycles. The average molecular weight is 346 g/mol. The fourth-order valence-electron chi connectivity index (χ4n) is 5.10. The summed E-state index contributed by atoms with van der Waals surface area (Å²) in [7, 11) is 0. The third-order valence-electron chi connectivity index (χ3n) is 6.43.